The van der Waals surface area contributed by atoms with Crippen LogP contribution >= 0.6 is 23.2 Å². The molecule has 3 rings (SSSR count). The Morgan fingerprint density at radius 2 is 1.32 bits per heavy atom. The average Bonchev–Trinajstić information content (AvgIpc) is 2.53. The Kier molecular flexibility index (Phi) is 4.51. The molecule has 2 aromatic carbocycles. The smallest absolute Gasteiger partial charge is 0.228 e. The van der Waals surface area contributed by atoms with E-state index in [9.17, 15) is 0 Å². The highest BCUT2D eigenvalue weighted by Crippen LogP contribution is 2.19. The SMILES string of the molecule is Clc1nc(Cl)nc(NCc2ccc(-c3ccccc3)cc2)n1. The summed E-state index contributed by atoms with van der Waals surface area (Å²) in [6.45, 7) is 0.575. The Hall–Kier alpha value is -2.17. The highest BCUT2D eigenvalue weighted by atomic mass is 35.5. The molecule has 0 bridgehead atoms. The zero-order valence-electron chi connectivity index (χ0n) is 11.5. The Bertz CT molecular complexity index is 741. The van der Waals surface area contributed by atoms with Gasteiger partial charge in [-0.1, -0.05) is 54.6 Å². The normalized spacial score (nSPS) is 10.5. The lowest BCUT2D eigenvalue weighted by Gasteiger charge is -2.07. The van der Waals surface area contributed by atoms with Crippen LogP contribution in [0.5, 0.6) is 0 Å². The van der Waals surface area contributed by atoms with Crippen molar-refractivity contribution >= 4 is 29.2 Å². The van der Waals surface area contributed by atoms with E-state index in [0.717, 1.165) is 5.56 Å². The maximum absolute atomic E-state index is 5.73. The number of rotatable bonds is 4. The lowest BCUT2D eigenvalue weighted by atomic mass is 10.0. The number of halogens is 2. The standard InChI is InChI=1S/C16H12Cl2N4/c17-14-20-15(18)22-16(21-14)19-10-11-6-8-13(9-7-11)12-4-2-1-3-5-12/h1-9H,10H2,(H,19,20,21,22). The average molecular weight is 331 g/mol. The Labute approximate surface area is 138 Å². The molecule has 0 saturated heterocycles. The highest BCUT2D eigenvalue weighted by molar-refractivity contribution is 6.31. The van der Waals surface area contributed by atoms with Crippen LogP contribution in [0.3, 0.4) is 0 Å². The first-order valence-corrected chi connectivity index (χ1v) is 7.41. The molecular formula is C16H12Cl2N4. The quantitative estimate of drug-likeness (QED) is 0.767. The van der Waals surface area contributed by atoms with Crippen molar-refractivity contribution in [3.05, 3.63) is 70.7 Å². The number of hydrogen-bond donors (Lipinski definition) is 1. The van der Waals surface area contributed by atoms with Gasteiger partial charge in [-0.25, -0.2) is 0 Å². The lowest BCUT2D eigenvalue weighted by Crippen LogP contribution is -2.04. The van der Waals surface area contributed by atoms with Crippen molar-refractivity contribution in [2.24, 2.45) is 0 Å². The van der Waals surface area contributed by atoms with Gasteiger partial charge in [0.1, 0.15) is 0 Å². The molecule has 1 aromatic heterocycles. The van der Waals surface area contributed by atoms with Crippen molar-refractivity contribution < 1.29 is 0 Å². The molecule has 0 aliphatic carbocycles. The van der Waals surface area contributed by atoms with E-state index < -0.39 is 0 Å². The van der Waals surface area contributed by atoms with Crippen LogP contribution in [0.4, 0.5) is 5.95 Å². The molecule has 110 valence electrons. The van der Waals surface area contributed by atoms with Crippen LogP contribution in [0.2, 0.25) is 10.6 Å². The van der Waals surface area contributed by atoms with Crippen LogP contribution in [-0.2, 0) is 6.54 Å². The van der Waals surface area contributed by atoms with Gasteiger partial charge in [-0.2, -0.15) is 15.0 Å². The van der Waals surface area contributed by atoms with E-state index in [2.05, 4.69) is 56.7 Å². The fourth-order valence-electron chi connectivity index (χ4n) is 2.03. The third-order valence-electron chi connectivity index (χ3n) is 3.09. The van der Waals surface area contributed by atoms with Crippen LogP contribution < -0.4 is 5.32 Å². The van der Waals surface area contributed by atoms with Crippen molar-refractivity contribution in [3.8, 4) is 11.1 Å². The summed E-state index contributed by atoms with van der Waals surface area (Å²) < 4.78 is 0. The molecule has 3 aromatic rings. The summed E-state index contributed by atoms with van der Waals surface area (Å²) in [5, 5.41) is 3.21. The molecule has 1 N–H and O–H groups in total. The zero-order valence-corrected chi connectivity index (χ0v) is 13.0. The number of hydrogen-bond acceptors (Lipinski definition) is 4. The van der Waals surface area contributed by atoms with Gasteiger partial charge in [-0.15, -0.1) is 0 Å². The minimum absolute atomic E-state index is 0.0712. The molecular weight excluding hydrogens is 319 g/mol. The largest absolute Gasteiger partial charge is 0.350 e. The molecule has 0 radical (unpaired) electrons. The molecule has 4 nitrogen and oxygen atoms in total. The summed E-state index contributed by atoms with van der Waals surface area (Å²) in [6.07, 6.45) is 0. The molecule has 6 heteroatoms. The van der Waals surface area contributed by atoms with Crippen molar-refractivity contribution in [1.29, 1.82) is 0 Å². The topological polar surface area (TPSA) is 50.7 Å². The zero-order chi connectivity index (χ0) is 15.4. The summed E-state index contributed by atoms with van der Waals surface area (Å²) >= 11 is 11.5. The van der Waals surface area contributed by atoms with Crippen LogP contribution in [0.25, 0.3) is 11.1 Å². The van der Waals surface area contributed by atoms with Gasteiger partial charge in [-0.3, -0.25) is 0 Å². The van der Waals surface area contributed by atoms with Crippen LogP contribution in [0.1, 0.15) is 5.56 Å². The molecule has 0 aliphatic heterocycles. The molecule has 0 saturated carbocycles. The van der Waals surface area contributed by atoms with Gasteiger partial charge in [0.2, 0.25) is 16.5 Å². The maximum atomic E-state index is 5.73. The maximum Gasteiger partial charge on any atom is 0.228 e. The predicted molar refractivity (Wildman–Crippen MR) is 89.1 cm³/mol. The molecule has 0 amide bonds. The summed E-state index contributed by atoms with van der Waals surface area (Å²) in [5.41, 5.74) is 3.47. The van der Waals surface area contributed by atoms with E-state index >= 15 is 0 Å². The van der Waals surface area contributed by atoms with Gasteiger partial charge in [-0.05, 0) is 39.9 Å². The number of benzene rings is 2. The van der Waals surface area contributed by atoms with Crippen LogP contribution in [0, 0.1) is 0 Å². The van der Waals surface area contributed by atoms with E-state index in [0.29, 0.717) is 12.5 Å². The van der Waals surface area contributed by atoms with E-state index in [1.165, 1.54) is 11.1 Å². The van der Waals surface area contributed by atoms with E-state index in [1.54, 1.807) is 0 Å². The van der Waals surface area contributed by atoms with Gasteiger partial charge < -0.3 is 5.32 Å². The summed E-state index contributed by atoms with van der Waals surface area (Å²) in [4.78, 5) is 11.6. The van der Waals surface area contributed by atoms with Crippen LogP contribution in [0.15, 0.2) is 54.6 Å². The fourth-order valence-corrected chi connectivity index (χ4v) is 2.40. The summed E-state index contributed by atoms with van der Waals surface area (Å²) in [6, 6.07) is 18.5. The Morgan fingerprint density at radius 1 is 0.727 bits per heavy atom. The highest BCUT2D eigenvalue weighted by Gasteiger charge is 2.03. The molecule has 0 atom stereocenters. The summed E-state index contributed by atoms with van der Waals surface area (Å²) in [5.74, 6) is 0.358. The molecule has 22 heavy (non-hydrogen) atoms. The number of aromatic nitrogens is 3. The fraction of sp³-hybridized carbons (Fsp3) is 0.0625. The second-order valence-electron chi connectivity index (χ2n) is 4.61. The molecule has 1 heterocycles. The number of nitrogens with zero attached hydrogens (tertiary/aromatic N) is 3. The molecule has 0 spiro atoms. The van der Waals surface area contributed by atoms with Gasteiger partial charge in [0, 0.05) is 6.54 Å². The van der Waals surface area contributed by atoms with Gasteiger partial charge in [0.25, 0.3) is 0 Å². The molecule has 0 aliphatic rings. The van der Waals surface area contributed by atoms with E-state index in [1.807, 2.05) is 18.2 Å². The van der Waals surface area contributed by atoms with Crippen LogP contribution in [-0.4, -0.2) is 15.0 Å². The molecule has 0 unspecified atom stereocenters. The van der Waals surface area contributed by atoms with E-state index in [4.69, 9.17) is 23.2 Å². The first kappa shape index (κ1) is 14.8. The molecule has 0 fully saturated rings. The first-order valence-electron chi connectivity index (χ1n) is 6.66. The third-order valence-corrected chi connectivity index (χ3v) is 3.43. The number of nitrogens with one attached hydrogen (secondary N) is 1. The van der Waals surface area contributed by atoms with Crippen molar-refractivity contribution in [3.63, 3.8) is 0 Å². The third kappa shape index (κ3) is 3.72. The first-order chi connectivity index (χ1) is 10.7. The monoisotopic (exact) mass is 330 g/mol. The van der Waals surface area contributed by atoms with Crippen molar-refractivity contribution in [2.75, 3.05) is 5.32 Å². The van der Waals surface area contributed by atoms with Gasteiger partial charge in [0.15, 0.2) is 0 Å². The Morgan fingerprint density at radius 3 is 1.95 bits per heavy atom. The summed E-state index contributed by atoms with van der Waals surface area (Å²) in [7, 11) is 0. The van der Waals surface area contributed by atoms with E-state index in [-0.39, 0.29) is 10.6 Å². The minimum atomic E-state index is 0.0712. The van der Waals surface area contributed by atoms with Gasteiger partial charge >= 0.3 is 0 Å². The lowest BCUT2D eigenvalue weighted by molar-refractivity contribution is 1.00. The predicted octanol–water partition coefficient (Wildman–Crippen LogP) is 4.46. The second kappa shape index (κ2) is 6.73. The van der Waals surface area contributed by atoms with Crippen molar-refractivity contribution in [1.82, 2.24) is 15.0 Å². The Balaban J connectivity index is 1.69. The second-order valence-corrected chi connectivity index (χ2v) is 5.29. The van der Waals surface area contributed by atoms with Crippen molar-refractivity contribution in [2.45, 2.75) is 6.54 Å². The van der Waals surface area contributed by atoms with Gasteiger partial charge in [0.05, 0.1) is 0 Å². The minimum Gasteiger partial charge on any atom is -0.350 e. The number of anilines is 1.